The van der Waals surface area contributed by atoms with Crippen molar-refractivity contribution in [2.24, 2.45) is 4.99 Å². The van der Waals surface area contributed by atoms with E-state index in [-0.39, 0.29) is 11.7 Å². The normalized spacial score (nSPS) is 16.2. The Hall–Kier alpha value is -2.55. The lowest BCUT2D eigenvalue weighted by molar-refractivity contribution is -0.113. The van der Waals surface area contributed by atoms with Crippen LogP contribution in [0, 0.1) is 13.8 Å². The molecule has 3 aromatic rings. The first-order valence-corrected chi connectivity index (χ1v) is 12.4. The predicted octanol–water partition coefficient (Wildman–Crippen LogP) is 7.35. The minimum Gasteiger partial charge on any atom is -0.503 e. The van der Waals surface area contributed by atoms with Crippen LogP contribution in [0.4, 0.5) is 11.4 Å². The van der Waals surface area contributed by atoms with Gasteiger partial charge in [0.2, 0.25) is 0 Å². The van der Waals surface area contributed by atoms with E-state index in [1.54, 1.807) is 17.0 Å². The standard InChI is InChI=1S/C25H20Br2N2O3S/c1-14-4-8-17(9-5-14)28-25-29(18-10-6-15(2)7-11-18)24(31)20(33-25)13-16-12-19(32-3)23(30)22(27)21(16)26/h4-13,30H,1-3H3/b20-13+,28-25?. The van der Waals surface area contributed by atoms with Crippen LogP contribution in [0.2, 0.25) is 0 Å². The predicted molar refractivity (Wildman–Crippen MR) is 143 cm³/mol. The summed E-state index contributed by atoms with van der Waals surface area (Å²) in [7, 11) is 1.48. The highest BCUT2D eigenvalue weighted by atomic mass is 79.9. The zero-order valence-corrected chi connectivity index (χ0v) is 22.1. The van der Waals surface area contributed by atoms with Crippen LogP contribution in [-0.2, 0) is 4.79 Å². The van der Waals surface area contributed by atoms with Gasteiger partial charge in [-0.2, -0.15) is 0 Å². The molecule has 1 aliphatic heterocycles. The molecule has 1 N–H and O–H groups in total. The van der Waals surface area contributed by atoms with Crippen LogP contribution in [0.1, 0.15) is 16.7 Å². The molecule has 3 aromatic carbocycles. The summed E-state index contributed by atoms with van der Waals surface area (Å²) in [5.41, 5.74) is 4.45. The highest BCUT2D eigenvalue weighted by Gasteiger charge is 2.35. The average Bonchev–Trinajstić information content (AvgIpc) is 3.10. The molecule has 1 fully saturated rings. The Balaban J connectivity index is 1.82. The van der Waals surface area contributed by atoms with E-state index in [1.165, 1.54) is 18.9 Å². The number of hydrogen-bond donors (Lipinski definition) is 1. The Morgan fingerprint density at radius 2 is 1.61 bits per heavy atom. The maximum absolute atomic E-state index is 13.5. The van der Waals surface area contributed by atoms with Crippen molar-refractivity contribution in [1.82, 2.24) is 0 Å². The highest BCUT2D eigenvalue weighted by Crippen LogP contribution is 2.44. The van der Waals surface area contributed by atoms with Gasteiger partial charge in [-0.3, -0.25) is 9.69 Å². The number of halogens is 2. The van der Waals surface area contributed by atoms with Crippen molar-refractivity contribution in [2.45, 2.75) is 13.8 Å². The first kappa shape index (κ1) is 23.6. The smallest absolute Gasteiger partial charge is 0.271 e. The number of thioether (sulfide) groups is 1. The van der Waals surface area contributed by atoms with Gasteiger partial charge < -0.3 is 9.84 Å². The van der Waals surface area contributed by atoms with E-state index in [1.807, 2.05) is 62.4 Å². The molecule has 1 aliphatic rings. The van der Waals surface area contributed by atoms with Gasteiger partial charge in [0.05, 0.1) is 27.9 Å². The van der Waals surface area contributed by atoms with Crippen molar-refractivity contribution in [2.75, 3.05) is 12.0 Å². The van der Waals surface area contributed by atoms with Gasteiger partial charge >= 0.3 is 0 Å². The van der Waals surface area contributed by atoms with Gasteiger partial charge in [0.25, 0.3) is 5.91 Å². The third-order valence-electron chi connectivity index (χ3n) is 5.04. The maximum atomic E-state index is 13.5. The van der Waals surface area contributed by atoms with Crippen LogP contribution >= 0.6 is 43.6 Å². The van der Waals surface area contributed by atoms with Gasteiger partial charge in [0, 0.05) is 4.47 Å². The number of hydrogen-bond acceptors (Lipinski definition) is 5. The molecule has 0 bridgehead atoms. The molecular weight excluding hydrogens is 568 g/mol. The van der Waals surface area contributed by atoms with Gasteiger partial charge in [0.1, 0.15) is 0 Å². The number of carbonyl (C=O) groups excluding carboxylic acids is 1. The number of benzene rings is 3. The summed E-state index contributed by atoms with van der Waals surface area (Å²) < 4.78 is 6.34. The number of aromatic hydroxyl groups is 1. The summed E-state index contributed by atoms with van der Waals surface area (Å²) in [5, 5.41) is 10.8. The Morgan fingerprint density at radius 3 is 2.21 bits per heavy atom. The van der Waals surface area contributed by atoms with Crippen LogP contribution in [0.15, 0.2) is 73.4 Å². The fourth-order valence-corrected chi connectivity index (χ4v) is 5.05. The van der Waals surface area contributed by atoms with E-state index in [4.69, 9.17) is 9.73 Å². The molecule has 0 unspecified atom stereocenters. The van der Waals surface area contributed by atoms with Crippen molar-refractivity contribution >= 4 is 72.1 Å². The van der Waals surface area contributed by atoms with E-state index >= 15 is 0 Å². The molecule has 1 amide bonds. The van der Waals surface area contributed by atoms with Crippen LogP contribution in [0.3, 0.4) is 0 Å². The third-order valence-corrected chi connectivity index (χ3v) is 8.17. The second-order valence-electron chi connectivity index (χ2n) is 7.46. The van der Waals surface area contributed by atoms with Crippen molar-refractivity contribution in [1.29, 1.82) is 0 Å². The number of phenols is 1. The summed E-state index contributed by atoms with van der Waals surface area (Å²) in [4.78, 5) is 20.4. The Bertz CT molecular complexity index is 1290. The van der Waals surface area contributed by atoms with E-state index in [0.717, 1.165) is 22.5 Å². The van der Waals surface area contributed by atoms with E-state index < -0.39 is 0 Å². The third kappa shape index (κ3) is 4.88. The lowest BCUT2D eigenvalue weighted by Crippen LogP contribution is -2.28. The minimum absolute atomic E-state index is 0.0140. The molecule has 0 aliphatic carbocycles. The SMILES string of the molecule is COc1cc(/C=C2/SC(=Nc3ccc(C)cc3)N(c3ccc(C)cc3)C2=O)c(Br)c(Br)c1O. The molecule has 0 saturated carbocycles. The van der Waals surface area contributed by atoms with Crippen LogP contribution in [0.25, 0.3) is 6.08 Å². The Morgan fingerprint density at radius 1 is 1.00 bits per heavy atom. The van der Waals surface area contributed by atoms with Crippen molar-refractivity contribution in [3.8, 4) is 11.5 Å². The first-order chi connectivity index (χ1) is 15.8. The molecule has 168 valence electrons. The maximum Gasteiger partial charge on any atom is 0.271 e. The Labute approximate surface area is 213 Å². The zero-order valence-electron chi connectivity index (χ0n) is 18.1. The molecular formula is C25H20Br2N2O3S. The Kier molecular flexibility index (Phi) is 6.97. The van der Waals surface area contributed by atoms with E-state index in [2.05, 4.69) is 31.9 Å². The number of amides is 1. The summed E-state index contributed by atoms with van der Waals surface area (Å²) in [6, 6.07) is 17.3. The molecule has 1 heterocycles. The number of rotatable bonds is 4. The van der Waals surface area contributed by atoms with Gasteiger partial charge in [-0.25, -0.2) is 4.99 Å². The number of aliphatic imine (C=N–C) groups is 1. The van der Waals surface area contributed by atoms with E-state index in [0.29, 0.717) is 30.3 Å². The average molecular weight is 588 g/mol. The van der Waals surface area contributed by atoms with E-state index in [9.17, 15) is 9.90 Å². The van der Waals surface area contributed by atoms with Gasteiger partial charge in [-0.05, 0) is 99.4 Å². The van der Waals surface area contributed by atoms with Gasteiger partial charge in [0.15, 0.2) is 16.7 Å². The molecule has 33 heavy (non-hydrogen) atoms. The number of carbonyl (C=O) groups is 1. The molecule has 0 radical (unpaired) electrons. The molecule has 8 heteroatoms. The zero-order chi connectivity index (χ0) is 23.7. The largest absolute Gasteiger partial charge is 0.503 e. The van der Waals surface area contributed by atoms with Crippen LogP contribution in [-0.4, -0.2) is 23.3 Å². The number of phenolic OH excluding ortho intramolecular Hbond substituents is 1. The number of nitrogens with zero attached hydrogens (tertiary/aromatic N) is 2. The molecule has 5 nitrogen and oxygen atoms in total. The summed E-state index contributed by atoms with van der Waals surface area (Å²) >= 11 is 8.17. The molecule has 0 atom stereocenters. The van der Waals surface area contributed by atoms with Crippen molar-refractivity contribution < 1.29 is 14.6 Å². The summed E-state index contributed by atoms with van der Waals surface area (Å²) in [5.74, 6) is 0.112. The minimum atomic E-state index is -0.176. The summed E-state index contributed by atoms with van der Waals surface area (Å²) in [6.07, 6.45) is 1.77. The fraction of sp³-hybridized carbons (Fsp3) is 0.120. The van der Waals surface area contributed by atoms with Crippen molar-refractivity contribution in [3.63, 3.8) is 0 Å². The number of methoxy groups -OCH3 is 1. The fourth-order valence-electron chi connectivity index (χ4n) is 3.21. The quantitative estimate of drug-likeness (QED) is 0.324. The highest BCUT2D eigenvalue weighted by molar-refractivity contribution is 9.13. The number of amidine groups is 1. The number of anilines is 1. The molecule has 0 aromatic heterocycles. The lowest BCUT2D eigenvalue weighted by Gasteiger charge is -2.16. The molecule has 1 saturated heterocycles. The second kappa shape index (κ2) is 9.75. The van der Waals surface area contributed by atoms with Gasteiger partial charge in [-0.15, -0.1) is 0 Å². The van der Waals surface area contributed by atoms with Crippen LogP contribution in [0.5, 0.6) is 11.5 Å². The second-order valence-corrected chi connectivity index (χ2v) is 10.1. The van der Waals surface area contributed by atoms with Crippen molar-refractivity contribution in [3.05, 3.63) is 85.1 Å². The number of ether oxygens (including phenoxy) is 1. The topological polar surface area (TPSA) is 62.1 Å². The van der Waals surface area contributed by atoms with Crippen LogP contribution < -0.4 is 9.64 Å². The molecule has 0 spiro atoms. The summed E-state index contributed by atoms with van der Waals surface area (Å²) in [6.45, 7) is 4.02. The monoisotopic (exact) mass is 586 g/mol. The number of aryl methyl sites for hydroxylation is 2. The lowest BCUT2D eigenvalue weighted by atomic mass is 10.1. The molecule has 4 rings (SSSR count). The van der Waals surface area contributed by atoms with Gasteiger partial charge in [-0.1, -0.05) is 35.4 Å². The first-order valence-electron chi connectivity index (χ1n) is 9.99.